The van der Waals surface area contributed by atoms with Crippen LogP contribution >= 0.6 is 0 Å². The fourth-order valence-corrected chi connectivity index (χ4v) is 2.97. The lowest BCUT2D eigenvalue weighted by Gasteiger charge is -2.16. The molecule has 0 bridgehead atoms. The zero-order valence-electron chi connectivity index (χ0n) is 14.8. The summed E-state index contributed by atoms with van der Waals surface area (Å²) >= 11 is 0. The van der Waals surface area contributed by atoms with Gasteiger partial charge in [-0.3, -0.25) is 0 Å². The summed E-state index contributed by atoms with van der Waals surface area (Å²) in [6.07, 6.45) is 1.46. The van der Waals surface area contributed by atoms with E-state index in [1.165, 1.54) is 11.1 Å². The molecule has 0 aliphatic heterocycles. The van der Waals surface area contributed by atoms with Crippen LogP contribution in [0.5, 0.6) is 11.5 Å². The van der Waals surface area contributed by atoms with Gasteiger partial charge in [-0.1, -0.05) is 60.7 Å². The molecule has 0 saturated carbocycles. The lowest BCUT2D eigenvalue weighted by molar-refractivity contribution is 0.241. The fourth-order valence-electron chi connectivity index (χ4n) is 2.97. The number of hydrogen-bond donors (Lipinski definition) is 1. The number of hydrogen-bond acceptors (Lipinski definition) is 2. The van der Waals surface area contributed by atoms with E-state index in [2.05, 4.69) is 24.3 Å². The van der Waals surface area contributed by atoms with E-state index in [-0.39, 0.29) is 6.10 Å². The van der Waals surface area contributed by atoms with Crippen LogP contribution < -0.4 is 4.74 Å². The highest BCUT2D eigenvalue weighted by Gasteiger charge is 2.13. The highest BCUT2D eigenvalue weighted by Crippen LogP contribution is 2.32. The van der Waals surface area contributed by atoms with Crippen molar-refractivity contribution in [2.75, 3.05) is 0 Å². The van der Waals surface area contributed by atoms with Crippen LogP contribution in [0.4, 0.5) is 0 Å². The van der Waals surface area contributed by atoms with Crippen molar-refractivity contribution in [2.24, 2.45) is 0 Å². The zero-order valence-corrected chi connectivity index (χ0v) is 14.8. The van der Waals surface area contributed by atoms with E-state index in [4.69, 9.17) is 4.74 Å². The molecule has 0 fully saturated rings. The molecule has 3 aromatic carbocycles. The van der Waals surface area contributed by atoms with Gasteiger partial charge < -0.3 is 9.84 Å². The van der Waals surface area contributed by atoms with Gasteiger partial charge in [0.1, 0.15) is 11.5 Å². The number of phenolic OH excluding ortho intramolecular Hbond substituents is 1. The summed E-state index contributed by atoms with van der Waals surface area (Å²) in [6, 6.07) is 24.3. The molecule has 0 aliphatic carbocycles. The monoisotopic (exact) mass is 332 g/mol. The Kier molecular flexibility index (Phi) is 5.39. The van der Waals surface area contributed by atoms with E-state index in [1.54, 1.807) is 0 Å². The van der Waals surface area contributed by atoms with Gasteiger partial charge in [-0.15, -0.1) is 0 Å². The molecule has 3 rings (SSSR count). The van der Waals surface area contributed by atoms with Gasteiger partial charge in [0.2, 0.25) is 0 Å². The Morgan fingerprint density at radius 1 is 0.760 bits per heavy atom. The molecular formula is C23H24O2. The van der Waals surface area contributed by atoms with Crippen LogP contribution in [-0.4, -0.2) is 11.2 Å². The van der Waals surface area contributed by atoms with E-state index in [0.717, 1.165) is 16.9 Å². The summed E-state index contributed by atoms with van der Waals surface area (Å²) in [5, 5.41) is 10.8. The van der Waals surface area contributed by atoms with Gasteiger partial charge >= 0.3 is 0 Å². The van der Waals surface area contributed by atoms with Crippen LogP contribution in [-0.2, 0) is 12.8 Å². The third-order valence-corrected chi connectivity index (χ3v) is 4.09. The van der Waals surface area contributed by atoms with Crippen molar-refractivity contribution in [2.45, 2.75) is 32.8 Å². The predicted molar refractivity (Wildman–Crippen MR) is 102 cm³/mol. The van der Waals surface area contributed by atoms with E-state index < -0.39 is 0 Å². The molecule has 25 heavy (non-hydrogen) atoms. The maximum Gasteiger partial charge on any atom is 0.122 e. The Bertz CT molecular complexity index is 746. The van der Waals surface area contributed by atoms with Gasteiger partial charge in [-0.05, 0) is 37.1 Å². The average Bonchev–Trinajstić information content (AvgIpc) is 2.60. The van der Waals surface area contributed by atoms with Crippen LogP contribution in [0.1, 0.15) is 36.1 Å². The third kappa shape index (κ3) is 4.63. The first-order chi connectivity index (χ1) is 12.1. The summed E-state index contributed by atoms with van der Waals surface area (Å²) in [7, 11) is 0. The van der Waals surface area contributed by atoms with Gasteiger partial charge in [0, 0.05) is 24.0 Å². The maximum absolute atomic E-state index is 10.8. The Labute approximate surface area is 149 Å². The minimum atomic E-state index is 0.0960. The average molecular weight is 332 g/mol. The summed E-state index contributed by atoms with van der Waals surface area (Å²) in [6.45, 7) is 4.03. The number of phenols is 1. The van der Waals surface area contributed by atoms with Gasteiger partial charge in [0.05, 0.1) is 6.10 Å². The molecular weight excluding hydrogens is 308 g/mol. The molecule has 0 atom stereocenters. The van der Waals surface area contributed by atoms with Crippen molar-refractivity contribution in [1.29, 1.82) is 0 Å². The smallest absolute Gasteiger partial charge is 0.122 e. The van der Waals surface area contributed by atoms with Crippen LogP contribution in [0.2, 0.25) is 0 Å². The topological polar surface area (TPSA) is 29.5 Å². The second-order valence-electron chi connectivity index (χ2n) is 6.58. The highest BCUT2D eigenvalue weighted by atomic mass is 16.5. The second-order valence-corrected chi connectivity index (χ2v) is 6.58. The Morgan fingerprint density at radius 2 is 1.20 bits per heavy atom. The molecule has 2 heteroatoms. The zero-order chi connectivity index (χ0) is 17.6. The molecule has 0 heterocycles. The van der Waals surface area contributed by atoms with Crippen molar-refractivity contribution in [1.82, 2.24) is 0 Å². The van der Waals surface area contributed by atoms with E-state index >= 15 is 0 Å². The highest BCUT2D eigenvalue weighted by molar-refractivity contribution is 5.50. The minimum absolute atomic E-state index is 0.0960. The van der Waals surface area contributed by atoms with Gasteiger partial charge in [-0.25, -0.2) is 0 Å². The SMILES string of the molecule is CC(C)Oc1cc(Cc2ccccc2)c(O)c(Cc2ccccc2)c1. The number of rotatable bonds is 6. The molecule has 3 aromatic rings. The van der Waals surface area contributed by atoms with Crippen molar-refractivity contribution in [3.63, 3.8) is 0 Å². The molecule has 0 spiro atoms. The first-order valence-electron chi connectivity index (χ1n) is 8.71. The van der Waals surface area contributed by atoms with E-state index in [9.17, 15) is 5.11 Å². The van der Waals surface area contributed by atoms with Crippen LogP contribution in [0, 0.1) is 0 Å². The molecule has 0 radical (unpaired) electrons. The van der Waals surface area contributed by atoms with Crippen molar-refractivity contribution >= 4 is 0 Å². The van der Waals surface area contributed by atoms with Gasteiger partial charge in [0.25, 0.3) is 0 Å². The Morgan fingerprint density at radius 3 is 1.60 bits per heavy atom. The quantitative estimate of drug-likeness (QED) is 0.658. The summed E-state index contributed by atoms with van der Waals surface area (Å²) in [4.78, 5) is 0. The van der Waals surface area contributed by atoms with Crippen LogP contribution in [0.3, 0.4) is 0 Å². The minimum Gasteiger partial charge on any atom is -0.507 e. The lowest BCUT2D eigenvalue weighted by atomic mass is 9.97. The normalized spacial score (nSPS) is 10.8. The van der Waals surface area contributed by atoms with Gasteiger partial charge in [0.15, 0.2) is 0 Å². The largest absolute Gasteiger partial charge is 0.507 e. The molecule has 2 nitrogen and oxygen atoms in total. The summed E-state index contributed by atoms with van der Waals surface area (Å²) in [5.74, 6) is 1.17. The number of aromatic hydroxyl groups is 1. The molecule has 128 valence electrons. The third-order valence-electron chi connectivity index (χ3n) is 4.09. The van der Waals surface area contributed by atoms with Gasteiger partial charge in [-0.2, -0.15) is 0 Å². The van der Waals surface area contributed by atoms with Crippen molar-refractivity contribution < 1.29 is 9.84 Å². The molecule has 0 aromatic heterocycles. The molecule has 1 N–H and O–H groups in total. The summed E-state index contributed by atoms with van der Waals surface area (Å²) in [5.41, 5.74) is 4.14. The number of ether oxygens (including phenoxy) is 1. The number of benzene rings is 3. The Hall–Kier alpha value is -2.74. The fraction of sp³-hybridized carbons (Fsp3) is 0.217. The lowest BCUT2D eigenvalue weighted by Crippen LogP contribution is -2.07. The first-order valence-corrected chi connectivity index (χ1v) is 8.71. The van der Waals surface area contributed by atoms with Crippen LogP contribution in [0.25, 0.3) is 0 Å². The predicted octanol–water partition coefficient (Wildman–Crippen LogP) is 5.36. The molecule has 0 unspecified atom stereocenters. The van der Waals surface area contributed by atoms with Crippen molar-refractivity contribution in [3.05, 3.63) is 95.1 Å². The first kappa shape index (κ1) is 17.1. The van der Waals surface area contributed by atoms with Crippen molar-refractivity contribution in [3.8, 4) is 11.5 Å². The van der Waals surface area contributed by atoms with E-state index in [0.29, 0.717) is 18.6 Å². The van der Waals surface area contributed by atoms with Crippen LogP contribution in [0.15, 0.2) is 72.8 Å². The Balaban J connectivity index is 1.96. The maximum atomic E-state index is 10.8. The summed E-state index contributed by atoms with van der Waals surface area (Å²) < 4.78 is 5.91. The van der Waals surface area contributed by atoms with E-state index in [1.807, 2.05) is 62.4 Å². The standard InChI is InChI=1S/C23H24O2/c1-17(2)25-22-15-20(13-18-9-5-3-6-10-18)23(24)21(16-22)14-19-11-7-4-8-12-19/h3-12,15-17,24H,13-14H2,1-2H3. The molecule has 0 aliphatic rings. The second kappa shape index (κ2) is 7.89. The molecule has 0 saturated heterocycles. The molecule has 0 amide bonds.